The summed E-state index contributed by atoms with van der Waals surface area (Å²) in [6.07, 6.45) is -1.24. The van der Waals surface area contributed by atoms with Gasteiger partial charge in [0.25, 0.3) is 17.5 Å². The van der Waals surface area contributed by atoms with E-state index in [2.05, 4.69) is 10.6 Å². The minimum Gasteiger partial charge on any atom is -0.496 e. The van der Waals surface area contributed by atoms with Crippen molar-refractivity contribution in [2.75, 3.05) is 26.1 Å². The number of rotatable bonds is 9. The van der Waals surface area contributed by atoms with E-state index >= 15 is 0 Å². The van der Waals surface area contributed by atoms with Crippen molar-refractivity contribution >= 4 is 29.2 Å². The van der Waals surface area contributed by atoms with E-state index in [-0.39, 0.29) is 22.7 Å². The lowest BCUT2D eigenvalue weighted by Crippen LogP contribution is -2.36. The van der Waals surface area contributed by atoms with Crippen molar-refractivity contribution in [1.29, 1.82) is 0 Å². The highest BCUT2D eigenvalue weighted by Crippen LogP contribution is 2.29. The number of nitrogens with zero attached hydrogens (tertiary/aromatic N) is 1. The summed E-state index contributed by atoms with van der Waals surface area (Å²) >= 11 is 0. The van der Waals surface area contributed by atoms with Crippen LogP contribution in [0.25, 0.3) is 0 Å². The number of ether oxygens (including phenoxy) is 3. The molecule has 0 saturated carbocycles. The van der Waals surface area contributed by atoms with E-state index in [0.717, 1.165) is 6.07 Å². The molecule has 11 heteroatoms. The molecule has 2 rings (SSSR count). The smallest absolute Gasteiger partial charge is 0.326 e. The zero-order valence-electron chi connectivity index (χ0n) is 17.0. The molecule has 164 valence electrons. The molecule has 0 bridgehead atoms. The van der Waals surface area contributed by atoms with Crippen LogP contribution in [0.2, 0.25) is 0 Å². The van der Waals surface area contributed by atoms with Crippen LogP contribution in [-0.2, 0) is 14.3 Å². The summed E-state index contributed by atoms with van der Waals surface area (Å²) in [6, 6.07) is 10.1. The summed E-state index contributed by atoms with van der Waals surface area (Å²) in [5, 5.41) is 15.7. The molecule has 0 fully saturated rings. The zero-order chi connectivity index (χ0) is 23.0. The molecule has 0 aromatic heterocycles. The summed E-state index contributed by atoms with van der Waals surface area (Å²) in [5.41, 5.74) is 0.0373. The summed E-state index contributed by atoms with van der Waals surface area (Å²) < 4.78 is 15.2. The molecule has 31 heavy (non-hydrogen) atoms. The topological polar surface area (TPSA) is 146 Å². The Morgan fingerprint density at radius 1 is 1.06 bits per heavy atom. The van der Waals surface area contributed by atoms with Crippen LogP contribution in [0.5, 0.6) is 11.5 Å². The number of anilines is 1. The quantitative estimate of drug-likeness (QED) is 0.348. The van der Waals surface area contributed by atoms with E-state index in [9.17, 15) is 24.5 Å². The Bertz CT molecular complexity index is 992. The molecule has 2 aromatic rings. The Labute approximate surface area is 177 Å². The van der Waals surface area contributed by atoms with E-state index in [1.807, 2.05) is 0 Å². The van der Waals surface area contributed by atoms with E-state index in [1.165, 1.54) is 39.3 Å². The van der Waals surface area contributed by atoms with Crippen molar-refractivity contribution in [2.24, 2.45) is 0 Å². The van der Waals surface area contributed by atoms with Crippen molar-refractivity contribution in [1.82, 2.24) is 5.32 Å². The third-order valence-electron chi connectivity index (χ3n) is 4.07. The number of para-hydroxylation sites is 1. The number of nitro benzene ring substituents is 1. The molecular weight excluding hydrogens is 410 g/mol. The van der Waals surface area contributed by atoms with Gasteiger partial charge in [-0.05, 0) is 25.1 Å². The van der Waals surface area contributed by atoms with Gasteiger partial charge in [-0.15, -0.1) is 0 Å². The first-order valence-electron chi connectivity index (χ1n) is 9.00. The number of non-ortho nitro benzene ring substituents is 1. The van der Waals surface area contributed by atoms with Gasteiger partial charge in [-0.1, -0.05) is 12.1 Å². The molecule has 2 aromatic carbocycles. The summed E-state index contributed by atoms with van der Waals surface area (Å²) in [7, 11) is 2.75. The zero-order valence-corrected chi connectivity index (χ0v) is 17.0. The number of hydrogen-bond acceptors (Lipinski definition) is 8. The van der Waals surface area contributed by atoms with Gasteiger partial charge in [0.1, 0.15) is 18.0 Å². The second kappa shape index (κ2) is 10.6. The number of nitro groups is 1. The van der Waals surface area contributed by atoms with Gasteiger partial charge in [-0.3, -0.25) is 24.5 Å². The highest BCUT2D eigenvalue weighted by molar-refractivity contribution is 5.99. The maximum absolute atomic E-state index is 12.3. The van der Waals surface area contributed by atoms with Gasteiger partial charge in [-0.25, -0.2) is 0 Å². The highest BCUT2D eigenvalue weighted by atomic mass is 16.6. The van der Waals surface area contributed by atoms with E-state index in [4.69, 9.17) is 14.2 Å². The lowest BCUT2D eigenvalue weighted by Gasteiger charge is -2.15. The van der Waals surface area contributed by atoms with Crippen LogP contribution < -0.4 is 20.1 Å². The first-order valence-corrected chi connectivity index (χ1v) is 9.00. The van der Waals surface area contributed by atoms with Crippen molar-refractivity contribution in [3.63, 3.8) is 0 Å². The standard InChI is InChI=1S/C20H21N3O8/c1-12(19(25)22-15-10-13(23(27)28)8-9-17(15)30-3)31-18(24)11-21-20(26)14-6-4-5-7-16(14)29-2/h4-10,12H,11H2,1-3H3,(H,21,26)(H,22,25). The van der Waals surface area contributed by atoms with Gasteiger partial charge in [0.2, 0.25) is 0 Å². The fraction of sp³-hybridized carbons (Fsp3) is 0.250. The minimum atomic E-state index is -1.24. The van der Waals surface area contributed by atoms with Crippen molar-refractivity contribution in [3.05, 3.63) is 58.1 Å². The molecule has 2 N–H and O–H groups in total. The summed E-state index contributed by atoms with van der Waals surface area (Å²) in [6.45, 7) is 0.841. The molecule has 0 radical (unpaired) electrons. The Balaban J connectivity index is 1.94. The molecule has 2 amide bonds. The van der Waals surface area contributed by atoms with Gasteiger partial charge in [0, 0.05) is 12.1 Å². The number of esters is 1. The average molecular weight is 431 g/mol. The van der Waals surface area contributed by atoms with E-state index in [0.29, 0.717) is 5.75 Å². The molecule has 0 spiro atoms. The maximum Gasteiger partial charge on any atom is 0.326 e. The monoisotopic (exact) mass is 431 g/mol. The second-order valence-corrected chi connectivity index (χ2v) is 6.15. The summed E-state index contributed by atoms with van der Waals surface area (Å²) in [5.74, 6) is -1.60. The van der Waals surface area contributed by atoms with Crippen LogP contribution in [0.15, 0.2) is 42.5 Å². The predicted octanol–water partition coefficient (Wildman–Crippen LogP) is 1.91. The molecule has 11 nitrogen and oxygen atoms in total. The Hall–Kier alpha value is -4.15. The second-order valence-electron chi connectivity index (χ2n) is 6.15. The van der Waals surface area contributed by atoms with Gasteiger partial charge >= 0.3 is 5.97 Å². The van der Waals surface area contributed by atoms with Crippen molar-refractivity contribution in [2.45, 2.75) is 13.0 Å². The van der Waals surface area contributed by atoms with Gasteiger partial charge in [0.05, 0.1) is 30.4 Å². The SMILES string of the molecule is COc1ccc([N+](=O)[O-])cc1NC(=O)C(C)OC(=O)CNC(=O)c1ccccc1OC. The number of carbonyl (C=O) groups excluding carboxylic acids is 3. The average Bonchev–Trinajstić information content (AvgIpc) is 2.77. The normalized spacial score (nSPS) is 11.1. The molecule has 0 aliphatic carbocycles. The fourth-order valence-corrected chi connectivity index (χ4v) is 2.51. The molecule has 1 unspecified atom stereocenters. The number of carbonyl (C=O) groups is 3. The summed E-state index contributed by atoms with van der Waals surface area (Å²) in [4.78, 5) is 46.8. The van der Waals surface area contributed by atoms with Gasteiger partial charge < -0.3 is 24.8 Å². The lowest BCUT2D eigenvalue weighted by atomic mass is 10.2. The van der Waals surface area contributed by atoms with E-state index in [1.54, 1.807) is 18.2 Å². The molecule has 0 saturated heterocycles. The van der Waals surface area contributed by atoms with Gasteiger partial charge in [0.15, 0.2) is 6.10 Å². The lowest BCUT2D eigenvalue weighted by molar-refractivity contribution is -0.384. The first-order chi connectivity index (χ1) is 14.8. The maximum atomic E-state index is 12.3. The predicted molar refractivity (Wildman–Crippen MR) is 109 cm³/mol. The van der Waals surface area contributed by atoms with Crippen LogP contribution in [-0.4, -0.2) is 49.6 Å². The molecule has 0 heterocycles. The van der Waals surface area contributed by atoms with Crippen molar-refractivity contribution < 1.29 is 33.5 Å². The van der Waals surface area contributed by atoms with Crippen LogP contribution in [0.3, 0.4) is 0 Å². The third kappa shape index (κ3) is 6.16. The van der Waals surface area contributed by atoms with Crippen molar-refractivity contribution in [3.8, 4) is 11.5 Å². The molecule has 0 aliphatic heterocycles. The van der Waals surface area contributed by atoms with Gasteiger partial charge in [-0.2, -0.15) is 0 Å². The number of amides is 2. The largest absolute Gasteiger partial charge is 0.496 e. The number of methoxy groups -OCH3 is 2. The molecule has 1 atom stereocenters. The minimum absolute atomic E-state index is 0.0501. The van der Waals surface area contributed by atoms with E-state index < -0.39 is 35.4 Å². The van der Waals surface area contributed by atoms with Crippen LogP contribution in [0, 0.1) is 10.1 Å². The number of benzene rings is 2. The Kier molecular flexibility index (Phi) is 7.89. The van der Waals surface area contributed by atoms with Crippen LogP contribution in [0.1, 0.15) is 17.3 Å². The Morgan fingerprint density at radius 2 is 1.74 bits per heavy atom. The Morgan fingerprint density at radius 3 is 2.39 bits per heavy atom. The highest BCUT2D eigenvalue weighted by Gasteiger charge is 2.21. The van der Waals surface area contributed by atoms with Crippen LogP contribution >= 0.6 is 0 Å². The number of hydrogen-bond donors (Lipinski definition) is 2. The fourth-order valence-electron chi connectivity index (χ4n) is 2.51. The first kappa shape index (κ1) is 23.1. The van der Waals surface area contributed by atoms with Crippen LogP contribution in [0.4, 0.5) is 11.4 Å². The number of nitrogens with one attached hydrogen (secondary N) is 2. The molecular formula is C20H21N3O8. The third-order valence-corrected chi connectivity index (χ3v) is 4.07. The molecule has 0 aliphatic rings.